The Morgan fingerprint density at radius 1 is 1.32 bits per heavy atom. The number of piperidine rings is 1. The van der Waals surface area contributed by atoms with E-state index >= 15 is 0 Å². The molecule has 0 amide bonds. The maximum atomic E-state index is 12.1. The lowest BCUT2D eigenvalue weighted by Crippen LogP contribution is -2.35. The standard InChI is InChI=1S/C15H23BrN2O2S.ClH/c1-13-6-10-18(11-7-13)9-3-8-17-21(19,20)15-5-2-4-14(16)12-15;/h2,4-5,12-13,17H,3,6-11H2,1H3;1H. The lowest BCUT2D eigenvalue weighted by Gasteiger charge is -2.30. The van der Waals surface area contributed by atoms with E-state index < -0.39 is 10.0 Å². The van der Waals surface area contributed by atoms with Gasteiger partial charge in [0, 0.05) is 11.0 Å². The fourth-order valence-corrected chi connectivity index (χ4v) is 4.18. The van der Waals surface area contributed by atoms with E-state index in [4.69, 9.17) is 0 Å². The molecule has 0 aliphatic carbocycles. The van der Waals surface area contributed by atoms with Crippen LogP contribution in [-0.4, -0.2) is 39.5 Å². The quantitative estimate of drug-likeness (QED) is 0.731. The smallest absolute Gasteiger partial charge is 0.240 e. The summed E-state index contributed by atoms with van der Waals surface area (Å²) in [4.78, 5) is 2.73. The van der Waals surface area contributed by atoms with E-state index in [0.717, 1.165) is 36.4 Å². The molecule has 1 heterocycles. The molecule has 1 aliphatic rings. The van der Waals surface area contributed by atoms with Crippen molar-refractivity contribution >= 4 is 38.4 Å². The van der Waals surface area contributed by atoms with Crippen LogP contribution in [0, 0.1) is 5.92 Å². The van der Waals surface area contributed by atoms with Gasteiger partial charge in [-0.15, -0.1) is 12.4 Å². The first-order valence-corrected chi connectivity index (χ1v) is 9.72. The topological polar surface area (TPSA) is 49.4 Å². The molecule has 0 unspecified atom stereocenters. The molecule has 4 nitrogen and oxygen atoms in total. The summed E-state index contributed by atoms with van der Waals surface area (Å²) in [6.45, 7) is 6.02. The number of sulfonamides is 1. The van der Waals surface area contributed by atoms with Crippen molar-refractivity contribution in [3.63, 3.8) is 0 Å². The number of hydrogen-bond acceptors (Lipinski definition) is 3. The predicted molar refractivity (Wildman–Crippen MR) is 96.0 cm³/mol. The largest absolute Gasteiger partial charge is 0.303 e. The summed E-state index contributed by atoms with van der Waals surface area (Å²) in [5, 5.41) is 0. The van der Waals surface area contributed by atoms with Crippen LogP contribution in [0.1, 0.15) is 26.2 Å². The summed E-state index contributed by atoms with van der Waals surface area (Å²) < 4.78 is 27.7. The van der Waals surface area contributed by atoms with Gasteiger partial charge >= 0.3 is 0 Å². The Bertz CT molecular complexity index is 560. The van der Waals surface area contributed by atoms with E-state index in [0.29, 0.717) is 11.4 Å². The molecule has 1 saturated heterocycles. The van der Waals surface area contributed by atoms with Crippen molar-refractivity contribution in [2.24, 2.45) is 5.92 Å². The third kappa shape index (κ3) is 6.16. The third-order valence-corrected chi connectivity index (χ3v) is 5.88. The Morgan fingerprint density at radius 2 is 2.00 bits per heavy atom. The summed E-state index contributed by atoms with van der Waals surface area (Å²) >= 11 is 3.29. The van der Waals surface area contributed by atoms with E-state index in [9.17, 15) is 8.42 Å². The summed E-state index contributed by atoms with van der Waals surface area (Å²) in [5.74, 6) is 0.830. The van der Waals surface area contributed by atoms with Crippen LogP contribution < -0.4 is 4.72 Å². The zero-order valence-electron chi connectivity index (χ0n) is 12.8. The molecular weight excluding hydrogens is 388 g/mol. The highest BCUT2D eigenvalue weighted by Gasteiger charge is 2.16. The van der Waals surface area contributed by atoms with Crippen molar-refractivity contribution in [2.45, 2.75) is 31.1 Å². The van der Waals surface area contributed by atoms with Crippen LogP contribution in [0.2, 0.25) is 0 Å². The number of benzene rings is 1. The van der Waals surface area contributed by atoms with Crippen molar-refractivity contribution in [3.8, 4) is 0 Å². The summed E-state index contributed by atoms with van der Waals surface area (Å²) in [6.07, 6.45) is 3.36. The van der Waals surface area contributed by atoms with Crippen molar-refractivity contribution < 1.29 is 8.42 Å². The van der Waals surface area contributed by atoms with Crippen molar-refractivity contribution in [1.82, 2.24) is 9.62 Å². The highest BCUT2D eigenvalue weighted by atomic mass is 79.9. The van der Waals surface area contributed by atoms with Gasteiger partial charge in [0.25, 0.3) is 0 Å². The molecule has 7 heteroatoms. The van der Waals surface area contributed by atoms with Gasteiger partial charge in [-0.1, -0.05) is 28.9 Å². The van der Waals surface area contributed by atoms with Crippen LogP contribution in [0.5, 0.6) is 0 Å². The molecular formula is C15H24BrClN2O2S. The second-order valence-electron chi connectivity index (χ2n) is 5.73. The van der Waals surface area contributed by atoms with E-state index in [1.165, 1.54) is 12.8 Å². The minimum atomic E-state index is -3.39. The lowest BCUT2D eigenvalue weighted by molar-refractivity contribution is 0.191. The van der Waals surface area contributed by atoms with Crippen molar-refractivity contribution in [2.75, 3.05) is 26.2 Å². The van der Waals surface area contributed by atoms with Gasteiger partial charge in [-0.3, -0.25) is 0 Å². The molecule has 0 bridgehead atoms. The molecule has 126 valence electrons. The van der Waals surface area contributed by atoms with E-state index in [1.54, 1.807) is 18.2 Å². The fraction of sp³-hybridized carbons (Fsp3) is 0.600. The van der Waals surface area contributed by atoms with Crippen LogP contribution in [0.25, 0.3) is 0 Å². The second-order valence-corrected chi connectivity index (χ2v) is 8.42. The summed E-state index contributed by atoms with van der Waals surface area (Å²) in [5.41, 5.74) is 0. The van der Waals surface area contributed by atoms with Crippen LogP contribution in [0.3, 0.4) is 0 Å². The average Bonchev–Trinajstić information content (AvgIpc) is 2.45. The van der Waals surface area contributed by atoms with E-state index in [2.05, 4.69) is 32.5 Å². The molecule has 1 aromatic carbocycles. The minimum Gasteiger partial charge on any atom is -0.303 e. The van der Waals surface area contributed by atoms with Gasteiger partial charge in [0.2, 0.25) is 10.0 Å². The number of rotatable bonds is 6. The molecule has 1 fully saturated rings. The third-order valence-electron chi connectivity index (χ3n) is 3.93. The Kier molecular flexibility index (Phi) is 8.35. The normalized spacial score (nSPS) is 17.2. The zero-order chi connectivity index (χ0) is 15.3. The molecule has 1 aliphatic heterocycles. The molecule has 0 aromatic heterocycles. The second kappa shape index (κ2) is 9.23. The highest BCUT2D eigenvalue weighted by molar-refractivity contribution is 9.10. The molecule has 22 heavy (non-hydrogen) atoms. The van der Waals surface area contributed by atoms with E-state index in [-0.39, 0.29) is 12.4 Å². The van der Waals surface area contributed by atoms with Crippen LogP contribution in [-0.2, 0) is 10.0 Å². The molecule has 2 rings (SSSR count). The van der Waals surface area contributed by atoms with Crippen molar-refractivity contribution in [1.29, 1.82) is 0 Å². The summed E-state index contributed by atoms with van der Waals surface area (Å²) in [6, 6.07) is 6.78. The highest BCUT2D eigenvalue weighted by Crippen LogP contribution is 2.17. The first kappa shape index (κ1) is 19.9. The molecule has 1 aromatic rings. The van der Waals surface area contributed by atoms with Gasteiger partial charge in [-0.2, -0.15) is 0 Å². The lowest BCUT2D eigenvalue weighted by atomic mass is 9.99. The summed E-state index contributed by atoms with van der Waals surface area (Å²) in [7, 11) is -3.39. The number of nitrogens with one attached hydrogen (secondary N) is 1. The maximum Gasteiger partial charge on any atom is 0.240 e. The number of halogens is 2. The Labute approximate surface area is 148 Å². The van der Waals surface area contributed by atoms with Gasteiger partial charge in [0.15, 0.2) is 0 Å². The number of likely N-dealkylation sites (tertiary alicyclic amines) is 1. The van der Waals surface area contributed by atoms with Crippen LogP contribution >= 0.6 is 28.3 Å². The number of nitrogens with zero attached hydrogens (tertiary/aromatic N) is 1. The molecule has 0 saturated carbocycles. The Hall–Kier alpha value is -0.140. The van der Waals surface area contributed by atoms with Gasteiger partial charge in [-0.25, -0.2) is 13.1 Å². The molecule has 1 N–H and O–H groups in total. The Morgan fingerprint density at radius 3 is 2.64 bits per heavy atom. The van der Waals surface area contributed by atoms with Gasteiger partial charge in [-0.05, 0) is 63.0 Å². The predicted octanol–water partition coefficient (Wildman–Crippen LogP) is 3.27. The van der Waals surface area contributed by atoms with Crippen LogP contribution in [0.4, 0.5) is 0 Å². The SMILES string of the molecule is CC1CCN(CCCNS(=O)(=O)c2cccc(Br)c2)CC1.Cl. The van der Waals surface area contributed by atoms with Gasteiger partial charge in [0.05, 0.1) is 4.90 Å². The van der Waals surface area contributed by atoms with Crippen molar-refractivity contribution in [3.05, 3.63) is 28.7 Å². The first-order chi connectivity index (χ1) is 9.97. The van der Waals surface area contributed by atoms with Crippen LogP contribution in [0.15, 0.2) is 33.6 Å². The Balaban J connectivity index is 0.00000242. The minimum absolute atomic E-state index is 0. The average molecular weight is 412 g/mol. The molecule has 0 radical (unpaired) electrons. The van der Waals surface area contributed by atoms with Gasteiger partial charge < -0.3 is 4.90 Å². The van der Waals surface area contributed by atoms with E-state index in [1.807, 2.05) is 6.07 Å². The zero-order valence-corrected chi connectivity index (χ0v) is 16.0. The molecule has 0 atom stereocenters. The number of hydrogen-bond donors (Lipinski definition) is 1. The molecule has 0 spiro atoms. The maximum absolute atomic E-state index is 12.1. The monoisotopic (exact) mass is 410 g/mol. The van der Waals surface area contributed by atoms with Gasteiger partial charge in [0.1, 0.15) is 0 Å². The first-order valence-electron chi connectivity index (χ1n) is 7.45. The fourth-order valence-electron chi connectivity index (χ4n) is 2.51.